The predicted octanol–water partition coefficient (Wildman–Crippen LogP) is 3.90. The third-order valence-electron chi connectivity index (χ3n) is 3.91. The first-order valence-electron chi connectivity index (χ1n) is 8.07. The van der Waals surface area contributed by atoms with Crippen LogP contribution in [0.25, 0.3) is 11.5 Å². The summed E-state index contributed by atoms with van der Waals surface area (Å²) in [6.45, 7) is 5.61. The average Bonchev–Trinajstić information content (AvgIpc) is 3.07. The zero-order valence-corrected chi connectivity index (χ0v) is 14.6. The molecule has 1 unspecified atom stereocenters. The fourth-order valence-corrected chi connectivity index (χ4v) is 2.24. The van der Waals surface area contributed by atoms with Crippen molar-refractivity contribution in [2.24, 2.45) is 0 Å². The molecule has 1 atom stereocenters. The van der Waals surface area contributed by atoms with Crippen molar-refractivity contribution in [2.75, 3.05) is 5.32 Å². The average molecular weight is 355 g/mol. The largest absolute Gasteiger partial charge is 0.481 e. The van der Waals surface area contributed by atoms with Crippen LogP contribution in [0.3, 0.4) is 0 Å². The van der Waals surface area contributed by atoms with Crippen molar-refractivity contribution in [3.63, 3.8) is 0 Å². The molecular weight excluding hydrogens is 337 g/mol. The fourth-order valence-electron chi connectivity index (χ4n) is 2.24. The maximum atomic E-state index is 13.0. The zero-order valence-electron chi connectivity index (χ0n) is 14.6. The van der Waals surface area contributed by atoms with Crippen molar-refractivity contribution in [2.45, 2.75) is 26.9 Å². The van der Waals surface area contributed by atoms with Gasteiger partial charge in [0.25, 0.3) is 17.7 Å². The van der Waals surface area contributed by atoms with Crippen LogP contribution in [0.15, 0.2) is 47.0 Å². The minimum Gasteiger partial charge on any atom is -0.481 e. The van der Waals surface area contributed by atoms with E-state index in [-0.39, 0.29) is 17.7 Å². The molecule has 0 saturated carbocycles. The summed E-state index contributed by atoms with van der Waals surface area (Å²) < 4.78 is 23.7. The Morgan fingerprint density at radius 2 is 1.88 bits per heavy atom. The highest BCUT2D eigenvalue weighted by Crippen LogP contribution is 2.20. The van der Waals surface area contributed by atoms with E-state index in [2.05, 4.69) is 15.5 Å². The second kappa shape index (κ2) is 7.35. The number of benzene rings is 2. The van der Waals surface area contributed by atoms with Gasteiger partial charge in [0.15, 0.2) is 6.10 Å². The number of hydrogen-bond donors (Lipinski definition) is 1. The van der Waals surface area contributed by atoms with Crippen LogP contribution in [0.1, 0.15) is 18.1 Å². The summed E-state index contributed by atoms with van der Waals surface area (Å²) in [6, 6.07) is 11.2. The van der Waals surface area contributed by atoms with Gasteiger partial charge in [-0.1, -0.05) is 6.07 Å². The maximum Gasteiger partial charge on any atom is 0.270 e. The number of hydrogen-bond acceptors (Lipinski definition) is 5. The highest BCUT2D eigenvalue weighted by atomic mass is 19.1. The minimum atomic E-state index is -0.745. The molecule has 1 aromatic heterocycles. The normalized spacial score (nSPS) is 11.8. The van der Waals surface area contributed by atoms with E-state index in [1.807, 2.05) is 32.0 Å². The zero-order chi connectivity index (χ0) is 18.7. The number of nitrogens with zero attached hydrogens (tertiary/aromatic N) is 2. The van der Waals surface area contributed by atoms with Crippen molar-refractivity contribution in [3.05, 3.63) is 59.4 Å². The predicted molar refractivity (Wildman–Crippen MR) is 94.3 cm³/mol. The molecule has 0 spiro atoms. The van der Waals surface area contributed by atoms with Gasteiger partial charge in [-0.3, -0.25) is 10.1 Å². The van der Waals surface area contributed by atoms with Crippen LogP contribution in [0.2, 0.25) is 0 Å². The van der Waals surface area contributed by atoms with E-state index in [0.29, 0.717) is 11.3 Å². The standard InChI is InChI=1S/C19H18FN3O3/c1-11-4-9-16(10-12(11)2)25-13(3)17(24)21-19-22-18(26-23-19)14-5-7-15(20)8-6-14/h4-10,13H,1-3H3,(H,21,23,24). The van der Waals surface area contributed by atoms with Gasteiger partial charge in [-0.05, 0) is 73.5 Å². The van der Waals surface area contributed by atoms with Crippen LogP contribution in [0, 0.1) is 19.7 Å². The summed E-state index contributed by atoms with van der Waals surface area (Å²) in [5, 5.41) is 6.24. The van der Waals surface area contributed by atoms with E-state index >= 15 is 0 Å². The maximum absolute atomic E-state index is 13.0. The molecule has 0 bridgehead atoms. The van der Waals surface area contributed by atoms with Gasteiger partial charge >= 0.3 is 0 Å². The third-order valence-corrected chi connectivity index (χ3v) is 3.91. The number of ether oxygens (including phenoxy) is 1. The van der Waals surface area contributed by atoms with Gasteiger partial charge in [0, 0.05) is 5.56 Å². The number of aryl methyl sites for hydroxylation is 2. The molecule has 7 heteroatoms. The number of carbonyl (C=O) groups excluding carboxylic acids is 1. The quantitative estimate of drug-likeness (QED) is 0.751. The third kappa shape index (κ3) is 4.05. The van der Waals surface area contributed by atoms with Crippen LogP contribution in [0.5, 0.6) is 5.75 Å². The smallest absolute Gasteiger partial charge is 0.270 e. The van der Waals surface area contributed by atoms with E-state index in [4.69, 9.17) is 9.26 Å². The van der Waals surface area contributed by atoms with E-state index < -0.39 is 12.0 Å². The summed E-state index contributed by atoms with van der Waals surface area (Å²) in [5.74, 6) is 0.0394. The lowest BCUT2D eigenvalue weighted by molar-refractivity contribution is -0.122. The summed E-state index contributed by atoms with van der Waals surface area (Å²) >= 11 is 0. The van der Waals surface area contributed by atoms with Crippen LogP contribution < -0.4 is 10.1 Å². The molecule has 0 aliphatic carbocycles. The van der Waals surface area contributed by atoms with Crippen LogP contribution >= 0.6 is 0 Å². The van der Waals surface area contributed by atoms with Crippen LogP contribution in [-0.4, -0.2) is 22.2 Å². The van der Waals surface area contributed by atoms with Gasteiger partial charge in [-0.25, -0.2) is 4.39 Å². The van der Waals surface area contributed by atoms with Crippen molar-refractivity contribution >= 4 is 11.9 Å². The first kappa shape index (κ1) is 17.6. The number of rotatable bonds is 5. The second-order valence-electron chi connectivity index (χ2n) is 5.93. The molecule has 3 rings (SSSR count). The summed E-state index contributed by atoms with van der Waals surface area (Å²) in [7, 11) is 0. The number of aromatic nitrogens is 2. The molecule has 0 radical (unpaired) electrons. The van der Waals surface area contributed by atoms with E-state index in [1.54, 1.807) is 6.92 Å². The molecule has 0 aliphatic heterocycles. The summed E-state index contributed by atoms with van der Waals surface area (Å²) in [6.07, 6.45) is -0.745. The van der Waals surface area contributed by atoms with E-state index in [0.717, 1.165) is 11.1 Å². The lowest BCUT2D eigenvalue weighted by atomic mass is 10.1. The Balaban J connectivity index is 1.64. The lowest BCUT2D eigenvalue weighted by Gasteiger charge is -2.14. The van der Waals surface area contributed by atoms with Crippen molar-refractivity contribution < 1.29 is 18.4 Å². The Kier molecular flexibility index (Phi) is 4.97. The number of halogens is 1. The SMILES string of the molecule is Cc1ccc(OC(C)C(=O)Nc2noc(-c3ccc(F)cc3)n2)cc1C. The van der Waals surface area contributed by atoms with Gasteiger partial charge < -0.3 is 9.26 Å². The highest BCUT2D eigenvalue weighted by Gasteiger charge is 2.18. The number of carbonyl (C=O) groups is 1. The molecule has 1 amide bonds. The van der Waals surface area contributed by atoms with Crippen LogP contribution in [-0.2, 0) is 4.79 Å². The van der Waals surface area contributed by atoms with Crippen molar-refractivity contribution in [3.8, 4) is 17.2 Å². The van der Waals surface area contributed by atoms with Gasteiger partial charge in [0.2, 0.25) is 0 Å². The van der Waals surface area contributed by atoms with Crippen molar-refractivity contribution in [1.29, 1.82) is 0 Å². The Hall–Kier alpha value is -3.22. The first-order valence-corrected chi connectivity index (χ1v) is 8.07. The molecule has 134 valence electrons. The number of nitrogens with one attached hydrogen (secondary N) is 1. The van der Waals surface area contributed by atoms with E-state index in [9.17, 15) is 9.18 Å². The number of amides is 1. The molecule has 26 heavy (non-hydrogen) atoms. The summed E-state index contributed by atoms with van der Waals surface area (Å²) in [4.78, 5) is 16.3. The molecule has 0 saturated heterocycles. The van der Waals surface area contributed by atoms with Crippen molar-refractivity contribution in [1.82, 2.24) is 10.1 Å². The Morgan fingerprint density at radius 3 is 2.58 bits per heavy atom. The van der Waals surface area contributed by atoms with Gasteiger partial charge in [0.1, 0.15) is 11.6 Å². The monoisotopic (exact) mass is 355 g/mol. The van der Waals surface area contributed by atoms with Gasteiger partial charge in [-0.15, -0.1) is 0 Å². The van der Waals surface area contributed by atoms with Gasteiger partial charge in [-0.2, -0.15) is 4.98 Å². The Bertz CT molecular complexity index is 922. The molecule has 3 aromatic rings. The molecule has 0 aliphatic rings. The molecule has 2 aromatic carbocycles. The highest BCUT2D eigenvalue weighted by molar-refractivity contribution is 5.92. The molecule has 1 N–H and O–H groups in total. The molecule has 1 heterocycles. The van der Waals surface area contributed by atoms with Gasteiger partial charge in [0.05, 0.1) is 0 Å². The van der Waals surface area contributed by atoms with E-state index in [1.165, 1.54) is 24.3 Å². The topological polar surface area (TPSA) is 77.2 Å². The summed E-state index contributed by atoms with van der Waals surface area (Å²) in [5.41, 5.74) is 2.78. The lowest BCUT2D eigenvalue weighted by Crippen LogP contribution is -2.30. The van der Waals surface area contributed by atoms with Crippen LogP contribution in [0.4, 0.5) is 10.3 Å². The molecule has 6 nitrogen and oxygen atoms in total. The first-order chi connectivity index (χ1) is 12.4. The molecule has 0 fully saturated rings. The fraction of sp³-hybridized carbons (Fsp3) is 0.211. The Morgan fingerprint density at radius 1 is 1.15 bits per heavy atom. The second-order valence-corrected chi connectivity index (χ2v) is 5.93. The minimum absolute atomic E-state index is 0.0184. The molecular formula is C19H18FN3O3. The Labute approximate surface area is 150 Å². The number of anilines is 1.